The molecule has 1 atom stereocenters. The van der Waals surface area contributed by atoms with Crippen molar-refractivity contribution in [1.82, 2.24) is 5.32 Å². The van der Waals surface area contributed by atoms with Gasteiger partial charge in [-0.3, -0.25) is 4.79 Å². The highest BCUT2D eigenvalue weighted by Crippen LogP contribution is 2.27. The summed E-state index contributed by atoms with van der Waals surface area (Å²) in [6.07, 6.45) is 0.557. The average molecular weight is 262 g/mol. The Morgan fingerprint density at radius 1 is 1.47 bits per heavy atom. The van der Waals surface area contributed by atoms with Crippen LogP contribution in [-0.2, 0) is 16.0 Å². The molecule has 1 aliphatic heterocycles. The van der Waals surface area contributed by atoms with E-state index >= 15 is 0 Å². The molecule has 1 fully saturated rings. The summed E-state index contributed by atoms with van der Waals surface area (Å²) < 4.78 is 5.54. The summed E-state index contributed by atoms with van der Waals surface area (Å²) in [6, 6.07) is 6.20. The summed E-state index contributed by atoms with van der Waals surface area (Å²) in [5.41, 5.74) is 3.44. The zero-order chi connectivity index (χ0) is 13.8. The van der Waals surface area contributed by atoms with Crippen LogP contribution in [0.25, 0.3) is 0 Å². The fourth-order valence-corrected chi connectivity index (χ4v) is 2.59. The molecule has 19 heavy (non-hydrogen) atoms. The van der Waals surface area contributed by atoms with Crippen molar-refractivity contribution in [2.24, 2.45) is 0 Å². The van der Waals surface area contributed by atoms with Crippen molar-refractivity contribution in [3.05, 3.63) is 29.3 Å². The minimum Gasteiger partial charge on any atom is -0.365 e. The lowest BCUT2D eigenvalue weighted by atomic mass is 10.0. The molecule has 0 saturated carbocycles. The summed E-state index contributed by atoms with van der Waals surface area (Å²) >= 11 is 0. The number of anilines is 1. The van der Waals surface area contributed by atoms with Crippen LogP contribution in [0.1, 0.15) is 18.1 Å². The number of carbonyl (C=O) groups is 1. The van der Waals surface area contributed by atoms with Gasteiger partial charge >= 0.3 is 0 Å². The van der Waals surface area contributed by atoms with Gasteiger partial charge in [0.2, 0.25) is 0 Å². The molecule has 2 rings (SSSR count). The van der Waals surface area contributed by atoms with Gasteiger partial charge < -0.3 is 15.0 Å². The Bertz CT molecular complexity index is 457. The molecule has 0 radical (unpaired) electrons. The van der Waals surface area contributed by atoms with Gasteiger partial charge in [0.05, 0.1) is 6.61 Å². The maximum absolute atomic E-state index is 12.5. The molecule has 0 aliphatic carbocycles. The second-order valence-corrected chi connectivity index (χ2v) is 4.84. The fraction of sp³-hybridized carbons (Fsp3) is 0.533. The average Bonchev–Trinajstić information content (AvgIpc) is 2.41. The van der Waals surface area contributed by atoms with E-state index in [1.165, 1.54) is 5.56 Å². The van der Waals surface area contributed by atoms with Crippen molar-refractivity contribution in [1.29, 1.82) is 0 Å². The monoisotopic (exact) mass is 262 g/mol. The van der Waals surface area contributed by atoms with Gasteiger partial charge in [-0.15, -0.1) is 0 Å². The number of ether oxygens (including phenoxy) is 1. The topological polar surface area (TPSA) is 41.6 Å². The van der Waals surface area contributed by atoms with Crippen LogP contribution in [0.4, 0.5) is 5.69 Å². The number of aryl methyl sites for hydroxylation is 2. The number of hydrogen-bond acceptors (Lipinski definition) is 3. The lowest BCUT2D eigenvalue weighted by molar-refractivity contribution is -0.133. The summed E-state index contributed by atoms with van der Waals surface area (Å²) in [7, 11) is 1.83. The third kappa shape index (κ3) is 2.80. The predicted molar refractivity (Wildman–Crippen MR) is 76.6 cm³/mol. The highest BCUT2D eigenvalue weighted by Gasteiger charge is 2.31. The van der Waals surface area contributed by atoms with E-state index in [0.29, 0.717) is 19.7 Å². The van der Waals surface area contributed by atoms with Crippen molar-refractivity contribution in [3.8, 4) is 0 Å². The van der Waals surface area contributed by atoms with E-state index in [9.17, 15) is 4.79 Å². The fourth-order valence-electron chi connectivity index (χ4n) is 2.59. The van der Waals surface area contributed by atoms with Gasteiger partial charge in [0, 0.05) is 18.8 Å². The number of carbonyl (C=O) groups excluding carboxylic acids is 1. The zero-order valence-corrected chi connectivity index (χ0v) is 11.9. The van der Waals surface area contributed by atoms with Gasteiger partial charge in [0.1, 0.15) is 6.10 Å². The number of amides is 1. The number of nitrogens with zero attached hydrogens (tertiary/aromatic N) is 1. The molecular formula is C15H22N2O2. The molecular weight excluding hydrogens is 240 g/mol. The van der Waals surface area contributed by atoms with Gasteiger partial charge in [-0.1, -0.05) is 25.1 Å². The molecule has 1 aromatic carbocycles. The van der Waals surface area contributed by atoms with Gasteiger partial charge in [0.15, 0.2) is 0 Å². The smallest absolute Gasteiger partial charge is 0.257 e. The van der Waals surface area contributed by atoms with Crippen LogP contribution < -0.4 is 10.2 Å². The van der Waals surface area contributed by atoms with E-state index in [1.54, 1.807) is 0 Å². The third-order valence-electron chi connectivity index (χ3n) is 3.54. The summed E-state index contributed by atoms with van der Waals surface area (Å²) in [5.74, 6) is 0.0598. The largest absolute Gasteiger partial charge is 0.365 e. The number of rotatable bonds is 4. The molecule has 104 valence electrons. The Kier molecular flexibility index (Phi) is 4.56. The highest BCUT2D eigenvalue weighted by atomic mass is 16.5. The van der Waals surface area contributed by atoms with E-state index in [1.807, 2.05) is 18.0 Å². The van der Waals surface area contributed by atoms with Crippen LogP contribution in [0.2, 0.25) is 0 Å². The minimum atomic E-state index is -0.372. The number of para-hydroxylation sites is 1. The maximum atomic E-state index is 12.5. The van der Waals surface area contributed by atoms with Crippen LogP contribution in [0.3, 0.4) is 0 Å². The lowest BCUT2D eigenvalue weighted by Gasteiger charge is -2.34. The van der Waals surface area contributed by atoms with Gasteiger partial charge in [-0.25, -0.2) is 0 Å². The number of morpholine rings is 1. The standard InChI is InChI=1S/C15H22N2O2/c1-4-12-7-5-6-11(2)14(12)17-8-9-19-13(10-16-3)15(17)18/h5-7,13,16H,4,8-10H2,1-3H3. The second kappa shape index (κ2) is 6.17. The summed E-state index contributed by atoms with van der Waals surface area (Å²) in [5, 5.41) is 3.01. The molecule has 0 aromatic heterocycles. The number of nitrogens with one attached hydrogen (secondary N) is 1. The number of likely N-dealkylation sites (N-methyl/N-ethyl adjacent to an activating group) is 1. The van der Waals surface area contributed by atoms with Crippen LogP contribution in [0.5, 0.6) is 0 Å². The Balaban J connectivity index is 2.33. The molecule has 0 spiro atoms. The van der Waals surface area contributed by atoms with E-state index in [2.05, 4.69) is 31.3 Å². The number of benzene rings is 1. The predicted octanol–water partition coefficient (Wildman–Crippen LogP) is 1.51. The molecule has 1 saturated heterocycles. The van der Waals surface area contributed by atoms with Crippen LogP contribution in [-0.4, -0.2) is 38.8 Å². The minimum absolute atomic E-state index is 0.0598. The molecule has 0 bridgehead atoms. The van der Waals surface area contributed by atoms with Crippen LogP contribution >= 0.6 is 0 Å². The van der Waals surface area contributed by atoms with Gasteiger partial charge in [0.25, 0.3) is 5.91 Å². The normalized spacial score (nSPS) is 19.8. The first-order valence-electron chi connectivity index (χ1n) is 6.85. The molecule has 1 aliphatic rings. The van der Waals surface area contributed by atoms with Crippen molar-refractivity contribution < 1.29 is 9.53 Å². The molecule has 1 N–H and O–H groups in total. The highest BCUT2D eigenvalue weighted by molar-refractivity contribution is 5.98. The SMILES string of the molecule is CCc1cccc(C)c1N1CCOC(CNC)C1=O. The first-order valence-corrected chi connectivity index (χ1v) is 6.85. The van der Waals surface area contributed by atoms with Crippen molar-refractivity contribution in [2.45, 2.75) is 26.4 Å². The third-order valence-corrected chi connectivity index (χ3v) is 3.54. The van der Waals surface area contributed by atoms with Crippen LogP contribution in [0.15, 0.2) is 18.2 Å². The Labute approximate surface area is 114 Å². The first kappa shape index (κ1) is 14.0. The van der Waals surface area contributed by atoms with Crippen molar-refractivity contribution in [2.75, 3.05) is 31.6 Å². The van der Waals surface area contributed by atoms with Gasteiger partial charge in [-0.05, 0) is 31.5 Å². The second-order valence-electron chi connectivity index (χ2n) is 4.84. The van der Waals surface area contributed by atoms with E-state index in [-0.39, 0.29) is 12.0 Å². The molecule has 1 amide bonds. The Morgan fingerprint density at radius 3 is 2.95 bits per heavy atom. The Morgan fingerprint density at radius 2 is 2.26 bits per heavy atom. The number of hydrogen-bond donors (Lipinski definition) is 1. The lowest BCUT2D eigenvalue weighted by Crippen LogP contribution is -2.51. The molecule has 4 nitrogen and oxygen atoms in total. The van der Waals surface area contributed by atoms with Crippen molar-refractivity contribution >= 4 is 11.6 Å². The molecule has 4 heteroatoms. The van der Waals surface area contributed by atoms with Gasteiger partial charge in [-0.2, -0.15) is 0 Å². The van der Waals surface area contributed by atoms with Crippen LogP contribution in [0, 0.1) is 6.92 Å². The summed E-state index contributed by atoms with van der Waals surface area (Å²) in [4.78, 5) is 14.4. The molecule has 1 aromatic rings. The molecule has 1 heterocycles. The van der Waals surface area contributed by atoms with Crippen molar-refractivity contribution in [3.63, 3.8) is 0 Å². The van der Waals surface area contributed by atoms with E-state index in [4.69, 9.17) is 4.74 Å². The van der Waals surface area contributed by atoms with E-state index in [0.717, 1.165) is 17.7 Å². The molecule has 1 unspecified atom stereocenters. The van der Waals surface area contributed by atoms with E-state index < -0.39 is 0 Å². The summed E-state index contributed by atoms with van der Waals surface area (Å²) in [6.45, 7) is 5.97. The first-order chi connectivity index (χ1) is 9.19. The quantitative estimate of drug-likeness (QED) is 0.894. The Hall–Kier alpha value is -1.39. The maximum Gasteiger partial charge on any atom is 0.257 e. The zero-order valence-electron chi connectivity index (χ0n) is 11.9.